The maximum atomic E-state index is 4.64. The van der Waals surface area contributed by atoms with Crippen molar-refractivity contribution in [3.8, 4) is 0 Å². The van der Waals surface area contributed by atoms with Gasteiger partial charge >= 0.3 is 0 Å². The Morgan fingerprint density at radius 3 is 2.65 bits per heavy atom. The SMILES string of the molecule is CCc1cc(C(Cc2nccn2CC)NC)n(CC)n1. The van der Waals surface area contributed by atoms with Gasteiger partial charge in [0.1, 0.15) is 5.82 Å². The highest BCUT2D eigenvalue weighted by Gasteiger charge is 2.18. The summed E-state index contributed by atoms with van der Waals surface area (Å²) < 4.78 is 4.29. The second kappa shape index (κ2) is 6.70. The Morgan fingerprint density at radius 2 is 2.05 bits per heavy atom. The van der Waals surface area contributed by atoms with Gasteiger partial charge in [0.25, 0.3) is 0 Å². The average Bonchev–Trinajstić information content (AvgIpc) is 3.10. The maximum Gasteiger partial charge on any atom is 0.110 e. The molecular weight excluding hydrogens is 250 g/mol. The van der Waals surface area contributed by atoms with Crippen LogP contribution in [0.1, 0.15) is 44.0 Å². The molecule has 5 nitrogen and oxygen atoms in total. The Labute approximate surface area is 121 Å². The molecule has 0 saturated carbocycles. The summed E-state index contributed by atoms with van der Waals surface area (Å²) in [5, 5.41) is 8.04. The van der Waals surface area contributed by atoms with E-state index in [1.807, 2.05) is 19.4 Å². The van der Waals surface area contributed by atoms with E-state index in [4.69, 9.17) is 0 Å². The quantitative estimate of drug-likeness (QED) is 0.842. The highest BCUT2D eigenvalue weighted by molar-refractivity contribution is 5.16. The minimum atomic E-state index is 0.246. The van der Waals surface area contributed by atoms with Crippen molar-refractivity contribution in [1.29, 1.82) is 0 Å². The number of aromatic nitrogens is 4. The standard InChI is InChI=1S/C15H25N5/c1-5-12-10-14(20(7-3)18-12)13(16-4)11-15-17-8-9-19(15)6-2/h8-10,13,16H,5-7,11H2,1-4H3. The smallest absolute Gasteiger partial charge is 0.110 e. The van der Waals surface area contributed by atoms with Gasteiger partial charge in [0.2, 0.25) is 0 Å². The lowest BCUT2D eigenvalue weighted by Gasteiger charge is -2.17. The number of aryl methyl sites for hydroxylation is 3. The molecular formula is C15H25N5. The normalized spacial score (nSPS) is 12.8. The summed E-state index contributed by atoms with van der Waals surface area (Å²) in [4.78, 5) is 4.48. The third kappa shape index (κ3) is 2.93. The summed E-state index contributed by atoms with van der Waals surface area (Å²) in [5.41, 5.74) is 2.40. The first-order valence-corrected chi connectivity index (χ1v) is 7.47. The third-order valence-electron chi connectivity index (χ3n) is 3.76. The highest BCUT2D eigenvalue weighted by Crippen LogP contribution is 2.19. The lowest BCUT2D eigenvalue weighted by Crippen LogP contribution is -2.23. The predicted molar refractivity (Wildman–Crippen MR) is 80.7 cm³/mol. The molecule has 0 aliphatic rings. The monoisotopic (exact) mass is 275 g/mol. The van der Waals surface area contributed by atoms with E-state index in [1.54, 1.807) is 0 Å². The molecule has 20 heavy (non-hydrogen) atoms. The summed E-state index contributed by atoms with van der Waals surface area (Å²) in [7, 11) is 2.00. The Kier molecular flexibility index (Phi) is 4.95. The zero-order valence-electron chi connectivity index (χ0n) is 12.9. The van der Waals surface area contributed by atoms with Gasteiger partial charge < -0.3 is 9.88 Å². The second-order valence-electron chi connectivity index (χ2n) is 4.90. The molecule has 2 aromatic rings. The zero-order chi connectivity index (χ0) is 14.5. The Morgan fingerprint density at radius 1 is 1.25 bits per heavy atom. The summed E-state index contributed by atoms with van der Waals surface area (Å²) in [6.45, 7) is 8.28. The van der Waals surface area contributed by atoms with Crippen LogP contribution in [0.15, 0.2) is 18.5 Å². The summed E-state index contributed by atoms with van der Waals surface area (Å²) in [6, 6.07) is 2.46. The molecule has 0 amide bonds. The molecule has 0 aliphatic carbocycles. The summed E-state index contributed by atoms with van der Waals surface area (Å²) in [6.07, 6.45) is 5.77. The van der Waals surface area contributed by atoms with Gasteiger partial charge in [-0.2, -0.15) is 5.10 Å². The number of hydrogen-bond donors (Lipinski definition) is 1. The predicted octanol–water partition coefficient (Wildman–Crippen LogP) is 2.18. The van der Waals surface area contributed by atoms with Crippen molar-refractivity contribution < 1.29 is 0 Å². The van der Waals surface area contributed by atoms with E-state index >= 15 is 0 Å². The maximum absolute atomic E-state index is 4.64. The largest absolute Gasteiger partial charge is 0.335 e. The minimum absolute atomic E-state index is 0.246. The van der Waals surface area contributed by atoms with Crippen LogP contribution in [0.4, 0.5) is 0 Å². The lowest BCUT2D eigenvalue weighted by atomic mass is 10.1. The van der Waals surface area contributed by atoms with Crippen molar-refractivity contribution >= 4 is 0 Å². The summed E-state index contributed by atoms with van der Waals surface area (Å²) in [5.74, 6) is 1.12. The lowest BCUT2D eigenvalue weighted by molar-refractivity contribution is 0.495. The van der Waals surface area contributed by atoms with Crippen LogP contribution in [-0.4, -0.2) is 26.4 Å². The Bertz CT molecular complexity index is 540. The molecule has 110 valence electrons. The first-order valence-electron chi connectivity index (χ1n) is 7.47. The molecule has 0 spiro atoms. The molecule has 1 unspecified atom stereocenters. The molecule has 0 bridgehead atoms. The van der Waals surface area contributed by atoms with Crippen molar-refractivity contribution in [3.05, 3.63) is 35.7 Å². The van der Waals surface area contributed by atoms with Gasteiger partial charge in [0.15, 0.2) is 0 Å². The molecule has 0 aromatic carbocycles. The van der Waals surface area contributed by atoms with Gasteiger partial charge in [-0.1, -0.05) is 6.92 Å². The molecule has 0 saturated heterocycles. The van der Waals surface area contributed by atoms with Crippen LogP contribution in [-0.2, 0) is 25.9 Å². The molecule has 0 fully saturated rings. The van der Waals surface area contributed by atoms with E-state index in [1.165, 1.54) is 5.69 Å². The van der Waals surface area contributed by atoms with E-state index < -0.39 is 0 Å². The topological polar surface area (TPSA) is 47.7 Å². The zero-order valence-corrected chi connectivity index (χ0v) is 12.9. The first-order chi connectivity index (χ1) is 9.73. The van der Waals surface area contributed by atoms with Crippen molar-refractivity contribution in [2.75, 3.05) is 7.05 Å². The van der Waals surface area contributed by atoms with Crippen LogP contribution in [0.2, 0.25) is 0 Å². The minimum Gasteiger partial charge on any atom is -0.335 e. The fourth-order valence-corrected chi connectivity index (χ4v) is 2.55. The van der Waals surface area contributed by atoms with Crippen LogP contribution in [0.3, 0.4) is 0 Å². The fraction of sp³-hybridized carbons (Fsp3) is 0.600. The first kappa shape index (κ1) is 14.8. The van der Waals surface area contributed by atoms with Crippen LogP contribution in [0.25, 0.3) is 0 Å². The van der Waals surface area contributed by atoms with Gasteiger partial charge in [-0.15, -0.1) is 0 Å². The Balaban J connectivity index is 2.26. The summed E-state index contributed by atoms with van der Waals surface area (Å²) >= 11 is 0. The van der Waals surface area contributed by atoms with Gasteiger partial charge in [-0.3, -0.25) is 4.68 Å². The van der Waals surface area contributed by atoms with Crippen molar-refractivity contribution in [1.82, 2.24) is 24.6 Å². The van der Waals surface area contributed by atoms with Crippen molar-refractivity contribution in [2.45, 2.75) is 52.7 Å². The second-order valence-corrected chi connectivity index (χ2v) is 4.90. The number of nitrogens with zero attached hydrogens (tertiary/aromatic N) is 4. The molecule has 5 heteroatoms. The van der Waals surface area contributed by atoms with E-state index in [0.717, 1.165) is 37.4 Å². The highest BCUT2D eigenvalue weighted by atomic mass is 15.3. The van der Waals surface area contributed by atoms with E-state index in [2.05, 4.69) is 51.5 Å². The number of imidazole rings is 1. The van der Waals surface area contributed by atoms with Crippen LogP contribution < -0.4 is 5.32 Å². The molecule has 2 rings (SSSR count). The molecule has 2 aromatic heterocycles. The van der Waals surface area contributed by atoms with E-state index in [-0.39, 0.29) is 6.04 Å². The van der Waals surface area contributed by atoms with Crippen LogP contribution in [0.5, 0.6) is 0 Å². The van der Waals surface area contributed by atoms with Gasteiger partial charge in [-0.25, -0.2) is 4.98 Å². The van der Waals surface area contributed by atoms with Gasteiger partial charge in [-0.05, 0) is 33.4 Å². The molecule has 0 radical (unpaired) electrons. The third-order valence-corrected chi connectivity index (χ3v) is 3.76. The van der Waals surface area contributed by atoms with Crippen LogP contribution in [0, 0.1) is 0 Å². The number of rotatable bonds is 7. The molecule has 1 N–H and O–H groups in total. The van der Waals surface area contributed by atoms with Crippen molar-refractivity contribution in [3.63, 3.8) is 0 Å². The number of hydrogen-bond acceptors (Lipinski definition) is 3. The van der Waals surface area contributed by atoms with E-state index in [9.17, 15) is 0 Å². The van der Waals surface area contributed by atoms with Gasteiger partial charge in [0, 0.05) is 31.9 Å². The Hall–Kier alpha value is -1.62. The van der Waals surface area contributed by atoms with Crippen molar-refractivity contribution in [2.24, 2.45) is 0 Å². The average molecular weight is 275 g/mol. The fourth-order valence-electron chi connectivity index (χ4n) is 2.55. The van der Waals surface area contributed by atoms with Crippen LogP contribution >= 0.6 is 0 Å². The number of nitrogens with one attached hydrogen (secondary N) is 1. The van der Waals surface area contributed by atoms with E-state index in [0.29, 0.717) is 0 Å². The molecule has 2 heterocycles. The number of likely N-dealkylation sites (N-methyl/N-ethyl adjacent to an activating group) is 1. The molecule has 0 aliphatic heterocycles. The van der Waals surface area contributed by atoms with Gasteiger partial charge in [0.05, 0.1) is 17.4 Å². The molecule has 1 atom stereocenters.